The number of rotatable bonds is 2. The molecular weight excluding hydrogens is 492 g/mol. The van der Waals surface area contributed by atoms with Crippen LogP contribution in [0.15, 0.2) is 65.4 Å². The van der Waals surface area contributed by atoms with Gasteiger partial charge in [-0.1, -0.05) is 48.9 Å². The van der Waals surface area contributed by atoms with Crippen molar-refractivity contribution in [1.82, 2.24) is 10.3 Å². The van der Waals surface area contributed by atoms with Crippen molar-refractivity contribution in [2.45, 2.75) is 71.6 Å². The first-order chi connectivity index (χ1) is 18.6. The van der Waals surface area contributed by atoms with Crippen LogP contribution in [-0.4, -0.2) is 50.9 Å². The topological polar surface area (TPSA) is 119 Å². The van der Waals surface area contributed by atoms with E-state index in [1.807, 2.05) is 69.5 Å². The molecule has 0 saturated carbocycles. The highest BCUT2D eigenvalue weighted by Crippen LogP contribution is 2.55. The molecule has 1 aliphatic heterocycles. The number of amides is 1. The number of carbonyl (C=O) groups is 3. The third-order valence-electron chi connectivity index (χ3n) is 9.29. The highest BCUT2D eigenvalue weighted by atomic mass is 16.3. The van der Waals surface area contributed by atoms with E-state index >= 15 is 0 Å². The summed E-state index contributed by atoms with van der Waals surface area (Å²) in [6.45, 7) is 7.50. The predicted molar refractivity (Wildman–Crippen MR) is 150 cm³/mol. The number of fused-ring (bicyclic) bond motifs is 1. The Bertz CT molecular complexity index is 1410. The van der Waals surface area contributed by atoms with Crippen LogP contribution >= 0.6 is 0 Å². The van der Waals surface area contributed by atoms with Crippen LogP contribution < -0.4 is 5.32 Å². The number of Topliss-reactive ketones (excluding diaryl/α,β-unsaturated/α-hetero) is 2. The van der Waals surface area contributed by atoms with Gasteiger partial charge in [0.2, 0.25) is 5.91 Å². The first-order valence-corrected chi connectivity index (χ1v) is 13.9. The van der Waals surface area contributed by atoms with Gasteiger partial charge in [-0.2, -0.15) is 0 Å². The zero-order valence-corrected chi connectivity index (χ0v) is 23.0. The third-order valence-corrected chi connectivity index (χ3v) is 9.29. The van der Waals surface area contributed by atoms with Crippen molar-refractivity contribution >= 4 is 28.4 Å². The van der Waals surface area contributed by atoms with E-state index in [0.29, 0.717) is 18.4 Å². The quantitative estimate of drug-likeness (QED) is 0.346. The lowest BCUT2D eigenvalue weighted by Crippen LogP contribution is -2.55. The van der Waals surface area contributed by atoms with Crippen LogP contribution in [0.3, 0.4) is 0 Å². The number of aromatic amines is 1. The zero-order valence-electron chi connectivity index (χ0n) is 23.0. The van der Waals surface area contributed by atoms with Crippen LogP contribution in [0.25, 0.3) is 10.9 Å². The van der Waals surface area contributed by atoms with Gasteiger partial charge in [-0.05, 0) is 62.3 Å². The van der Waals surface area contributed by atoms with Crippen molar-refractivity contribution < 1.29 is 24.6 Å². The molecular formula is C32H38N2O5. The number of aliphatic hydroxyl groups excluding tert-OH is 2. The normalized spacial score (nSPS) is 36.3. The number of aliphatic hydroxyl groups is 2. The molecule has 5 rings (SSSR count). The molecule has 1 fully saturated rings. The highest BCUT2D eigenvalue weighted by Gasteiger charge is 2.66. The Morgan fingerprint density at radius 1 is 1.03 bits per heavy atom. The fourth-order valence-corrected chi connectivity index (χ4v) is 7.16. The maximum absolute atomic E-state index is 14.2. The average Bonchev–Trinajstić information content (AvgIpc) is 3.45. The molecule has 0 radical (unpaired) electrons. The van der Waals surface area contributed by atoms with Gasteiger partial charge in [0.15, 0.2) is 5.78 Å². The zero-order chi connectivity index (χ0) is 28.1. The first-order valence-electron chi connectivity index (χ1n) is 13.9. The van der Waals surface area contributed by atoms with E-state index in [4.69, 9.17) is 0 Å². The van der Waals surface area contributed by atoms with Gasteiger partial charge in [-0.25, -0.2) is 0 Å². The van der Waals surface area contributed by atoms with Gasteiger partial charge in [0.05, 0.1) is 6.10 Å². The lowest BCUT2D eigenvalue weighted by molar-refractivity contribution is -0.148. The fourth-order valence-electron chi connectivity index (χ4n) is 7.16. The third kappa shape index (κ3) is 4.42. The van der Waals surface area contributed by atoms with E-state index in [1.165, 1.54) is 0 Å². The monoisotopic (exact) mass is 530 g/mol. The second-order valence-corrected chi connectivity index (χ2v) is 11.7. The number of hydrogen-bond acceptors (Lipinski definition) is 5. The molecule has 4 N–H and O–H groups in total. The predicted octanol–water partition coefficient (Wildman–Crippen LogP) is 3.96. The first kappa shape index (κ1) is 27.3. The summed E-state index contributed by atoms with van der Waals surface area (Å²) in [5, 5.41) is 26.3. The van der Waals surface area contributed by atoms with Crippen molar-refractivity contribution in [2.24, 2.45) is 23.2 Å². The molecule has 3 aliphatic rings. The minimum atomic E-state index is -1.54. The van der Waals surface area contributed by atoms with Gasteiger partial charge in [0.1, 0.15) is 17.3 Å². The van der Waals surface area contributed by atoms with Crippen molar-refractivity contribution in [3.63, 3.8) is 0 Å². The summed E-state index contributed by atoms with van der Waals surface area (Å²) in [6.07, 6.45) is 6.07. The Kier molecular flexibility index (Phi) is 7.25. The smallest absolute Gasteiger partial charge is 0.235 e. The molecule has 1 spiro atoms. The van der Waals surface area contributed by atoms with Gasteiger partial charge in [0.25, 0.3) is 0 Å². The summed E-state index contributed by atoms with van der Waals surface area (Å²) >= 11 is 0. The number of H-pyrrole nitrogens is 1. The Labute approximate surface area is 229 Å². The molecule has 7 atom stereocenters. The second-order valence-electron chi connectivity index (χ2n) is 11.7. The number of hydrogen-bond donors (Lipinski definition) is 4. The highest BCUT2D eigenvalue weighted by molar-refractivity contribution is 6.10. The lowest BCUT2D eigenvalue weighted by Gasteiger charge is -2.46. The molecule has 2 aromatic rings. The van der Waals surface area contributed by atoms with Crippen LogP contribution in [0.1, 0.15) is 52.5 Å². The summed E-state index contributed by atoms with van der Waals surface area (Å²) in [4.78, 5) is 44.5. The van der Waals surface area contributed by atoms with Crippen molar-refractivity contribution in [3.8, 4) is 0 Å². The van der Waals surface area contributed by atoms with Crippen molar-refractivity contribution in [1.29, 1.82) is 0 Å². The Morgan fingerprint density at radius 2 is 1.77 bits per heavy atom. The molecule has 7 nitrogen and oxygen atoms in total. The van der Waals surface area contributed by atoms with Crippen LogP contribution in [0.2, 0.25) is 0 Å². The van der Waals surface area contributed by atoms with E-state index in [-0.39, 0.29) is 30.6 Å². The van der Waals surface area contributed by atoms with Gasteiger partial charge in [-0.3, -0.25) is 14.4 Å². The Balaban J connectivity index is 1.61. The lowest BCUT2D eigenvalue weighted by atomic mass is 9.54. The van der Waals surface area contributed by atoms with Gasteiger partial charge < -0.3 is 20.5 Å². The summed E-state index contributed by atoms with van der Waals surface area (Å²) in [5.74, 6) is -2.40. The molecule has 0 unspecified atom stereocenters. The molecule has 0 bridgehead atoms. The van der Waals surface area contributed by atoms with Crippen molar-refractivity contribution in [2.75, 3.05) is 0 Å². The number of benzene rings is 1. The van der Waals surface area contributed by atoms with Crippen LogP contribution in [-0.2, 0) is 20.8 Å². The minimum absolute atomic E-state index is 0.0260. The molecule has 7 heteroatoms. The molecule has 2 heterocycles. The summed E-state index contributed by atoms with van der Waals surface area (Å²) in [7, 11) is 0. The van der Waals surface area contributed by atoms with E-state index in [1.54, 1.807) is 6.92 Å². The Morgan fingerprint density at radius 3 is 2.54 bits per heavy atom. The molecule has 206 valence electrons. The van der Waals surface area contributed by atoms with E-state index in [2.05, 4.69) is 10.3 Å². The van der Waals surface area contributed by atoms with Crippen LogP contribution in [0.4, 0.5) is 0 Å². The SMILES string of the molecule is CC1=C(C)[C@H]2[C@H](Cc3c[nH]c4ccccc34)NC(=O)[C@]23C(=O)CCC(=O)[C@H](O)/C(C)=C\[C@@H](C)C/C=C\[C@H]3[C@@H]1O. The molecule has 1 aromatic carbocycles. The maximum Gasteiger partial charge on any atom is 0.235 e. The molecule has 2 aliphatic carbocycles. The number of carbonyl (C=O) groups excluding carboxylic acids is 3. The number of ketones is 2. The Hall–Kier alpha value is -3.29. The second kappa shape index (κ2) is 10.4. The molecule has 1 aromatic heterocycles. The van der Waals surface area contributed by atoms with E-state index < -0.39 is 41.1 Å². The van der Waals surface area contributed by atoms with Gasteiger partial charge in [0, 0.05) is 47.8 Å². The van der Waals surface area contributed by atoms with Crippen LogP contribution in [0.5, 0.6) is 0 Å². The van der Waals surface area contributed by atoms with Gasteiger partial charge >= 0.3 is 0 Å². The minimum Gasteiger partial charge on any atom is -0.388 e. The van der Waals surface area contributed by atoms with E-state index in [0.717, 1.165) is 27.6 Å². The number of aromatic nitrogens is 1. The molecule has 1 saturated heterocycles. The summed E-state index contributed by atoms with van der Waals surface area (Å²) in [6, 6.07) is 7.62. The van der Waals surface area contributed by atoms with Crippen LogP contribution in [0, 0.1) is 23.2 Å². The largest absolute Gasteiger partial charge is 0.388 e. The van der Waals surface area contributed by atoms with Gasteiger partial charge in [-0.15, -0.1) is 0 Å². The molecule has 1 amide bonds. The maximum atomic E-state index is 14.2. The summed E-state index contributed by atoms with van der Waals surface area (Å²) in [5.41, 5.74) is 2.68. The molecule has 39 heavy (non-hydrogen) atoms. The van der Waals surface area contributed by atoms with Crippen molar-refractivity contribution in [3.05, 3.63) is 71.0 Å². The average molecular weight is 531 g/mol. The number of nitrogens with one attached hydrogen (secondary N) is 2. The number of para-hydroxylation sites is 1. The fraction of sp³-hybridized carbons (Fsp3) is 0.469. The summed E-state index contributed by atoms with van der Waals surface area (Å²) < 4.78 is 0. The standard InChI is InChI=1S/C32H38N2O5/c1-17-8-7-10-23-30(38)20(4)19(3)28-25(15-21-16-33-24-11-6-5-9-22(21)24)34-31(39)32(23,28)27(36)13-12-26(35)29(37)18(2)14-17/h5-7,9-11,14,16-17,23,25,28-30,33,37-38H,8,12-13,15H2,1-4H3,(H,34,39)/b10-7-,18-14-/t17-,23-,25-,28-,29+,30+,32+/m0/s1. The number of allylic oxidation sites excluding steroid dienone is 2. The van der Waals surface area contributed by atoms with E-state index in [9.17, 15) is 24.6 Å².